The van der Waals surface area contributed by atoms with E-state index in [4.69, 9.17) is 4.74 Å². The zero-order valence-electron chi connectivity index (χ0n) is 16.5. The molecule has 0 amide bonds. The maximum Gasteiger partial charge on any atom is 0.331 e. The molecule has 0 aromatic rings. The van der Waals surface area contributed by atoms with E-state index in [1.54, 1.807) is 6.08 Å². The van der Waals surface area contributed by atoms with Crippen molar-refractivity contribution in [2.45, 2.75) is 70.8 Å². The molecule has 5 rings (SSSR count). The number of aliphatic hydroxyl groups is 2. The number of carbonyl (C=O) groups is 1. The molecule has 4 saturated carbocycles. The summed E-state index contributed by atoms with van der Waals surface area (Å²) in [6, 6.07) is 0. The van der Waals surface area contributed by atoms with Gasteiger partial charge in [-0.05, 0) is 104 Å². The Morgan fingerprint density at radius 2 is 1.96 bits per heavy atom. The maximum atomic E-state index is 11.6. The molecule has 1 heterocycles. The largest absolute Gasteiger partial charge is 0.458 e. The number of cyclic esters (lactones) is 1. The highest BCUT2D eigenvalue weighted by atomic mass is 16.5. The number of fused-ring (bicyclic) bond motifs is 5. The van der Waals surface area contributed by atoms with Crippen LogP contribution in [0.3, 0.4) is 0 Å². The molecule has 0 aromatic carbocycles. The minimum absolute atomic E-state index is 0.0489. The summed E-state index contributed by atoms with van der Waals surface area (Å²) in [6.45, 7) is 3.27. The molecule has 0 spiro atoms. The van der Waals surface area contributed by atoms with Crippen LogP contribution in [0.25, 0.3) is 0 Å². The monoisotopic (exact) mass is 374 g/mol. The van der Waals surface area contributed by atoms with Crippen LogP contribution in [0.2, 0.25) is 0 Å². The average molecular weight is 375 g/mol. The SMILES string of the molecule is C[C@]12CC[C@H]3[C@@H](CC[C@H]4C[C@@H](O)CC[C@@]43CO)[C@@H]1CC[C@@H]2C1=CC(=O)OC1. The van der Waals surface area contributed by atoms with Gasteiger partial charge in [0, 0.05) is 12.7 Å². The lowest BCUT2D eigenvalue weighted by molar-refractivity contribution is -0.152. The summed E-state index contributed by atoms with van der Waals surface area (Å²) >= 11 is 0. The van der Waals surface area contributed by atoms with E-state index < -0.39 is 0 Å². The van der Waals surface area contributed by atoms with E-state index >= 15 is 0 Å². The van der Waals surface area contributed by atoms with Crippen LogP contribution < -0.4 is 0 Å². The molecule has 0 radical (unpaired) electrons. The molecule has 4 aliphatic carbocycles. The Balaban J connectivity index is 1.43. The van der Waals surface area contributed by atoms with Crippen LogP contribution in [0, 0.1) is 40.4 Å². The molecule has 0 aromatic heterocycles. The van der Waals surface area contributed by atoms with Gasteiger partial charge in [-0.25, -0.2) is 4.79 Å². The number of carbonyl (C=O) groups excluding carboxylic acids is 1. The third-order valence-corrected chi connectivity index (χ3v) is 9.76. The molecular weight excluding hydrogens is 340 g/mol. The predicted octanol–water partition coefficient (Wildman–Crippen LogP) is 3.46. The second-order valence-electron chi connectivity index (χ2n) is 10.5. The van der Waals surface area contributed by atoms with E-state index in [0.29, 0.717) is 42.8 Å². The highest BCUT2D eigenvalue weighted by Gasteiger charge is 2.61. The Bertz CT molecular complexity index is 657. The van der Waals surface area contributed by atoms with Gasteiger partial charge in [0.2, 0.25) is 0 Å². The molecule has 4 nitrogen and oxygen atoms in total. The van der Waals surface area contributed by atoms with Gasteiger partial charge in [0.15, 0.2) is 0 Å². The van der Waals surface area contributed by atoms with Crippen molar-refractivity contribution in [3.63, 3.8) is 0 Å². The van der Waals surface area contributed by atoms with Crippen molar-refractivity contribution >= 4 is 5.97 Å². The van der Waals surface area contributed by atoms with Gasteiger partial charge in [0.1, 0.15) is 6.61 Å². The Labute approximate surface area is 162 Å². The van der Waals surface area contributed by atoms with Gasteiger partial charge >= 0.3 is 5.97 Å². The fourth-order valence-corrected chi connectivity index (χ4v) is 8.54. The highest BCUT2D eigenvalue weighted by Crippen LogP contribution is 2.68. The Morgan fingerprint density at radius 1 is 1.11 bits per heavy atom. The summed E-state index contributed by atoms with van der Waals surface area (Å²) < 4.78 is 5.24. The smallest absolute Gasteiger partial charge is 0.331 e. The minimum Gasteiger partial charge on any atom is -0.458 e. The number of aliphatic hydroxyl groups excluding tert-OH is 2. The van der Waals surface area contributed by atoms with Crippen LogP contribution in [-0.2, 0) is 9.53 Å². The number of ether oxygens (including phenoxy) is 1. The summed E-state index contributed by atoms with van der Waals surface area (Å²) in [4.78, 5) is 11.6. The van der Waals surface area contributed by atoms with Crippen LogP contribution >= 0.6 is 0 Å². The van der Waals surface area contributed by atoms with Crippen LogP contribution in [0.5, 0.6) is 0 Å². The second-order valence-corrected chi connectivity index (χ2v) is 10.5. The van der Waals surface area contributed by atoms with Crippen molar-refractivity contribution in [3.05, 3.63) is 11.6 Å². The Morgan fingerprint density at radius 3 is 2.70 bits per heavy atom. The van der Waals surface area contributed by atoms with Gasteiger partial charge in [0.25, 0.3) is 0 Å². The predicted molar refractivity (Wildman–Crippen MR) is 102 cm³/mol. The van der Waals surface area contributed by atoms with E-state index in [9.17, 15) is 15.0 Å². The quantitative estimate of drug-likeness (QED) is 0.727. The van der Waals surface area contributed by atoms with Gasteiger partial charge in [-0.2, -0.15) is 0 Å². The van der Waals surface area contributed by atoms with Crippen molar-refractivity contribution in [2.75, 3.05) is 13.2 Å². The summed E-state index contributed by atoms with van der Waals surface area (Å²) in [7, 11) is 0. The molecule has 4 fully saturated rings. The lowest BCUT2D eigenvalue weighted by atomic mass is 9.44. The number of esters is 1. The topological polar surface area (TPSA) is 66.8 Å². The Kier molecular flexibility index (Phi) is 4.25. The van der Waals surface area contributed by atoms with Crippen LogP contribution in [-0.4, -0.2) is 35.5 Å². The van der Waals surface area contributed by atoms with Crippen molar-refractivity contribution < 1.29 is 19.7 Å². The molecule has 5 aliphatic rings. The minimum atomic E-state index is -0.164. The Hall–Kier alpha value is -0.870. The molecule has 4 heteroatoms. The molecule has 8 atom stereocenters. The third kappa shape index (κ3) is 2.51. The molecule has 0 unspecified atom stereocenters. The fraction of sp³-hybridized carbons (Fsp3) is 0.870. The zero-order valence-corrected chi connectivity index (χ0v) is 16.5. The van der Waals surface area contributed by atoms with Gasteiger partial charge in [-0.15, -0.1) is 0 Å². The van der Waals surface area contributed by atoms with Gasteiger partial charge in [0.05, 0.1) is 6.10 Å². The highest BCUT2D eigenvalue weighted by molar-refractivity contribution is 5.85. The standard InChI is InChI=1S/C23H34O4/c1-22-8-7-20-17(3-2-15-11-16(25)6-9-23(15,20)13-24)19(22)5-4-18(22)14-10-21(26)27-12-14/h10,15-20,24-25H,2-9,11-13H2,1H3/t15-,16-,17-,18+,19-,20-,22+,23+/m0/s1. The summed E-state index contributed by atoms with van der Waals surface area (Å²) in [5.41, 5.74) is 1.56. The zero-order chi connectivity index (χ0) is 18.8. The van der Waals surface area contributed by atoms with Crippen LogP contribution in [0.15, 0.2) is 11.6 Å². The van der Waals surface area contributed by atoms with Crippen LogP contribution in [0.1, 0.15) is 64.7 Å². The molecule has 1 aliphatic heterocycles. The van der Waals surface area contributed by atoms with Crippen molar-refractivity contribution in [1.82, 2.24) is 0 Å². The first-order valence-electron chi connectivity index (χ1n) is 11.1. The number of hydrogen-bond acceptors (Lipinski definition) is 4. The van der Waals surface area contributed by atoms with Gasteiger partial charge < -0.3 is 14.9 Å². The average Bonchev–Trinajstić information content (AvgIpc) is 3.23. The molecule has 2 N–H and O–H groups in total. The maximum absolute atomic E-state index is 11.6. The fourth-order valence-electron chi connectivity index (χ4n) is 8.54. The number of hydrogen-bond donors (Lipinski definition) is 2. The van der Waals surface area contributed by atoms with Crippen molar-refractivity contribution in [3.8, 4) is 0 Å². The normalized spacial score (nSPS) is 51.8. The second kappa shape index (κ2) is 6.32. The number of rotatable bonds is 2. The van der Waals surface area contributed by atoms with E-state index in [1.807, 2.05) is 0 Å². The van der Waals surface area contributed by atoms with Gasteiger partial charge in [-0.1, -0.05) is 6.92 Å². The summed E-state index contributed by atoms with van der Waals surface area (Å²) in [5.74, 6) is 2.84. The lowest BCUT2D eigenvalue weighted by Gasteiger charge is -2.61. The molecule has 27 heavy (non-hydrogen) atoms. The first-order chi connectivity index (χ1) is 13.0. The van der Waals surface area contributed by atoms with E-state index in [0.717, 1.165) is 19.3 Å². The van der Waals surface area contributed by atoms with E-state index in [1.165, 1.54) is 44.1 Å². The molecular formula is C23H34O4. The van der Waals surface area contributed by atoms with Crippen LogP contribution in [0.4, 0.5) is 0 Å². The summed E-state index contributed by atoms with van der Waals surface area (Å²) in [6.07, 6.45) is 11.6. The van der Waals surface area contributed by atoms with E-state index in [2.05, 4.69) is 6.92 Å². The van der Waals surface area contributed by atoms with Gasteiger partial charge in [-0.3, -0.25) is 0 Å². The van der Waals surface area contributed by atoms with Crippen molar-refractivity contribution in [1.29, 1.82) is 0 Å². The first-order valence-corrected chi connectivity index (χ1v) is 11.1. The van der Waals surface area contributed by atoms with E-state index in [-0.39, 0.29) is 22.9 Å². The molecule has 0 saturated heterocycles. The molecule has 0 bridgehead atoms. The van der Waals surface area contributed by atoms with Crippen molar-refractivity contribution in [2.24, 2.45) is 40.4 Å². The first kappa shape index (κ1) is 18.2. The third-order valence-electron chi connectivity index (χ3n) is 9.76. The molecule has 150 valence electrons. The lowest BCUT2D eigenvalue weighted by Crippen LogP contribution is -2.56. The summed E-state index contributed by atoms with van der Waals surface area (Å²) in [5, 5.41) is 20.7.